The highest BCUT2D eigenvalue weighted by atomic mass is 35.5. The molecule has 0 unspecified atom stereocenters. The zero-order chi connectivity index (χ0) is 15.6. The summed E-state index contributed by atoms with van der Waals surface area (Å²) in [6, 6.07) is 15.9. The van der Waals surface area contributed by atoms with Gasteiger partial charge in [-0.1, -0.05) is 48.0 Å². The Bertz CT molecular complexity index is 666. The predicted molar refractivity (Wildman–Crippen MR) is 89.0 cm³/mol. The van der Waals surface area contributed by atoms with Crippen molar-refractivity contribution in [2.75, 3.05) is 0 Å². The lowest BCUT2D eigenvalue weighted by Crippen LogP contribution is -2.36. The lowest BCUT2D eigenvalue weighted by molar-refractivity contribution is -0.125. The van der Waals surface area contributed by atoms with Crippen LogP contribution in [0.15, 0.2) is 48.5 Å². The van der Waals surface area contributed by atoms with Crippen LogP contribution in [-0.2, 0) is 11.2 Å². The largest absolute Gasteiger partial charge is 0.390 e. The highest BCUT2D eigenvalue weighted by Crippen LogP contribution is 2.33. The molecule has 3 rings (SSSR count). The van der Waals surface area contributed by atoms with E-state index in [9.17, 15) is 9.90 Å². The molecule has 2 aromatic rings. The standard InChI is InChI=1S/C19H19ClO2/c20-16-7-5-14(6-8-16)18-4-2-1-3-15(18)13-19(22)11-9-17(21)10-12-19/h1-8,22H,9-13H2. The zero-order valence-electron chi connectivity index (χ0n) is 12.4. The van der Waals surface area contributed by atoms with E-state index in [0.29, 0.717) is 37.1 Å². The Kier molecular flexibility index (Phi) is 4.32. The van der Waals surface area contributed by atoms with Gasteiger partial charge in [-0.2, -0.15) is 0 Å². The van der Waals surface area contributed by atoms with Gasteiger partial charge in [0, 0.05) is 24.3 Å². The van der Waals surface area contributed by atoms with Gasteiger partial charge in [-0.3, -0.25) is 4.79 Å². The summed E-state index contributed by atoms with van der Waals surface area (Å²) >= 11 is 5.96. The molecule has 2 aromatic carbocycles. The highest BCUT2D eigenvalue weighted by Gasteiger charge is 2.33. The Hall–Kier alpha value is -1.64. The van der Waals surface area contributed by atoms with Crippen molar-refractivity contribution >= 4 is 17.4 Å². The third kappa shape index (κ3) is 3.40. The summed E-state index contributed by atoms with van der Waals surface area (Å²) < 4.78 is 0. The van der Waals surface area contributed by atoms with Gasteiger partial charge in [-0.25, -0.2) is 0 Å². The molecule has 0 radical (unpaired) electrons. The Balaban J connectivity index is 1.88. The minimum atomic E-state index is -0.767. The lowest BCUT2D eigenvalue weighted by atomic mass is 9.79. The molecule has 3 heteroatoms. The van der Waals surface area contributed by atoms with Crippen LogP contribution in [0.4, 0.5) is 0 Å². The van der Waals surface area contributed by atoms with Gasteiger partial charge in [0.05, 0.1) is 5.60 Å². The molecule has 2 nitrogen and oxygen atoms in total. The molecule has 0 heterocycles. The van der Waals surface area contributed by atoms with Gasteiger partial charge >= 0.3 is 0 Å². The SMILES string of the molecule is O=C1CCC(O)(Cc2ccccc2-c2ccc(Cl)cc2)CC1. The summed E-state index contributed by atoms with van der Waals surface area (Å²) in [5, 5.41) is 11.5. The number of hydrogen-bond acceptors (Lipinski definition) is 2. The number of carbonyl (C=O) groups is 1. The van der Waals surface area contributed by atoms with Crippen molar-refractivity contribution in [1.29, 1.82) is 0 Å². The summed E-state index contributed by atoms with van der Waals surface area (Å²) in [4.78, 5) is 11.4. The van der Waals surface area contributed by atoms with Crippen LogP contribution in [0.25, 0.3) is 11.1 Å². The minimum Gasteiger partial charge on any atom is -0.390 e. The first kappa shape index (κ1) is 15.3. The van der Waals surface area contributed by atoms with Gasteiger partial charge < -0.3 is 5.11 Å². The molecule has 0 bridgehead atoms. The van der Waals surface area contributed by atoms with Crippen molar-refractivity contribution in [1.82, 2.24) is 0 Å². The van der Waals surface area contributed by atoms with Crippen molar-refractivity contribution in [3.05, 3.63) is 59.1 Å². The molecule has 1 aliphatic carbocycles. The first-order chi connectivity index (χ1) is 10.6. The number of carbonyl (C=O) groups excluding carboxylic acids is 1. The van der Waals surface area contributed by atoms with Crippen molar-refractivity contribution in [2.24, 2.45) is 0 Å². The summed E-state index contributed by atoms with van der Waals surface area (Å²) in [6.07, 6.45) is 2.67. The summed E-state index contributed by atoms with van der Waals surface area (Å²) in [5.74, 6) is 0.260. The molecule has 0 atom stereocenters. The maximum atomic E-state index is 11.4. The number of hydrogen-bond donors (Lipinski definition) is 1. The van der Waals surface area contributed by atoms with E-state index in [0.717, 1.165) is 16.7 Å². The number of aliphatic hydroxyl groups is 1. The van der Waals surface area contributed by atoms with Crippen LogP contribution in [0, 0.1) is 0 Å². The first-order valence-electron chi connectivity index (χ1n) is 7.64. The van der Waals surface area contributed by atoms with E-state index < -0.39 is 5.60 Å². The summed E-state index contributed by atoms with van der Waals surface area (Å²) in [6.45, 7) is 0. The molecular formula is C19H19ClO2. The third-order valence-corrected chi connectivity index (χ3v) is 4.68. The second-order valence-electron chi connectivity index (χ2n) is 6.10. The first-order valence-corrected chi connectivity index (χ1v) is 8.01. The molecule has 0 aliphatic heterocycles. The summed E-state index contributed by atoms with van der Waals surface area (Å²) in [7, 11) is 0. The van der Waals surface area contributed by atoms with E-state index in [-0.39, 0.29) is 5.78 Å². The molecule has 22 heavy (non-hydrogen) atoms. The third-order valence-electron chi connectivity index (χ3n) is 4.43. The average Bonchev–Trinajstić information content (AvgIpc) is 2.52. The predicted octanol–water partition coefficient (Wildman–Crippen LogP) is 4.42. The van der Waals surface area contributed by atoms with Crippen LogP contribution in [0.5, 0.6) is 0 Å². The molecule has 114 valence electrons. The van der Waals surface area contributed by atoms with E-state index in [1.54, 1.807) is 0 Å². The van der Waals surface area contributed by atoms with E-state index in [1.807, 2.05) is 36.4 Å². The average molecular weight is 315 g/mol. The molecular weight excluding hydrogens is 296 g/mol. The van der Waals surface area contributed by atoms with Crippen LogP contribution < -0.4 is 0 Å². The topological polar surface area (TPSA) is 37.3 Å². The minimum absolute atomic E-state index is 0.260. The second kappa shape index (κ2) is 6.23. The number of ketones is 1. The van der Waals surface area contributed by atoms with Gasteiger partial charge in [0.1, 0.15) is 5.78 Å². The Morgan fingerprint density at radius 1 is 1.00 bits per heavy atom. The van der Waals surface area contributed by atoms with Crippen molar-refractivity contribution in [3.8, 4) is 11.1 Å². The maximum absolute atomic E-state index is 11.4. The Morgan fingerprint density at radius 2 is 1.64 bits per heavy atom. The molecule has 0 aromatic heterocycles. The highest BCUT2D eigenvalue weighted by molar-refractivity contribution is 6.30. The maximum Gasteiger partial charge on any atom is 0.133 e. The van der Waals surface area contributed by atoms with E-state index in [4.69, 9.17) is 11.6 Å². The van der Waals surface area contributed by atoms with Crippen molar-refractivity contribution in [3.63, 3.8) is 0 Å². The fourth-order valence-electron chi connectivity index (χ4n) is 3.11. The van der Waals surface area contributed by atoms with Crippen LogP contribution in [-0.4, -0.2) is 16.5 Å². The number of rotatable bonds is 3. The summed E-state index contributed by atoms with van der Waals surface area (Å²) in [5.41, 5.74) is 2.55. The second-order valence-corrected chi connectivity index (χ2v) is 6.54. The smallest absolute Gasteiger partial charge is 0.133 e. The van der Waals surface area contributed by atoms with E-state index >= 15 is 0 Å². The van der Waals surface area contributed by atoms with Crippen LogP contribution in [0.1, 0.15) is 31.2 Å². The normalized spacial score (nSPS) is 17.5. The van der Waals surface area contributed by atoms with Gasteiger partial charge in [0.2, 0.25) is 0 Å². The monoisotopic (exact) mass is 314 g/mol. The molecule has 1 aliphatic rings. The zero-order valence-corrected chi connectivity index (χ0v) is 13.1. The van der Waals surface area contributed by atoms with Gasteiger partial charge in [0.25, 0.3) is 0 Å². The molecule has 0 saturated heterocycles. The molecule has 1 fully saturated rings. The fourth-order valence-corrected chi connectivity index (χ4v) is 3.24. The van der Waals surface area contributed by atoms with E-state index in [2.05, 4.69) is 12.1 Å². The van der Waals surface area contributed by atoms with Gasteiger partial charge in [-0.15, -0.1) is 0 Å². The van der Waals surface area contributed by atoms with Crippen molar-refractivity contribution in [2.45, 2.75) is 37.7 Å². The quantitative estimate of drug-likeness (QED) is 0.910. The van der Waals surface area contributed by atoms with Gasteiger partial charge in [-0.05, 0) is 41.7 Å². The Morgan fingerprint density at radius 3 is 2.32 bits per heavy atom. The molecule has 1 saturated carbocycles. The fraction of sp³-hybridized carbons (Fsp3) is 0.316. The lowest BCUT2D eigenvalue weighted by Gasteiger charge is -2.32. The van der Waals surface area contributed by atoms with Crippen LogP contribution in [0.2, 0.25) is 5.02 Å². The number of Topliss-reactive ketones (excluding diaryl/α,β-unsaturated/α-hetero) is 1. The number of halogens is 1. The van der Waals surface area contributed by atoms with E-state index in [1.165, 1.54) is 0 Å². The molecule has 0 spiro atoms. The Labute approximate surface area is 135 Å². The number of benzene rings is 2. The van der Waals surface area contributed by atoms with Crippen LogP contribution >= 0.6 is 11.6 Å². The van der Waals surface area contributed by atoms with Crippen LogP contribution in [0.3, 0.4) is 0 Å². The molecule has 0 amide bonds. The van der Waals surface area contributed by atoms with Crippen molar-refractivity contribution < 1.29 is 9.90 Å². The molecule has 1 N–H and O–H groups in total. The van der Waals surface area contributed by atoms with Gasteiger partial charge in [0.15, 0.2) is 0 Å².